The van der Waals surface area contributed by atoms with Gasteiger partial charge in [-0.2, -0.15) is 4.31 Å². The number of piperazine rings is 1. The largest absolute Gasteiger partial charge is 0.366 e. The average Bonchev–Trinajstić information content (AvgIpc) is 2.61. The lowest BCUT2D eigenvalue weighted by molar-refractivity contribution is 0.101. The molecule has 1 atom stereocenters. The Morgan fingerprint density at radius 3 is 2.35 bits per heavy atom. The van der Waals surface area contributed by atoms with Gasteiger partial charge in [0.1, 0.15) is 0 Å². The van der Waals surface area contributed by atoms with Gasteiger partial charge in [0.2, 0.25) is 10.0 Å². The molecular formula is C20H24N2O3S. The standard InChI is InChI=1S/C20H24N2O3S/c1-15-5-4-6-19(13-15)22-12-11-21(14-16(22)2)26(24,25)20-9-7-18(8-10-20)17(3)23/h4-10,13,16H,11-12,14H2,1-3H3. The fourth-order valence-corrected chi connectivity index (χ4v) is 4.86. The molecule has 1 heterocycles. The molecule has 0 N–H and O–H groups in total. The normalized spacial score (nSPS) is 18.7. The molecule has 2 aromatic carbocycles. The first-order chi connectivity index (χ1) is 12.3. The van der Waals surface area contributed by atoms with E-state index in [-0.39, 0.29) is 16.7 Å². The number of hydrogen-bond acceptors (Lipinski definition) is 4. The summed E-state index contributed by atoms with van der Waals surface area (Å²) in [6, 6.07) is 14.5. The summed E-state index contributed by atoms with van der Waals surface area (Å²) in [5.41, 5.74) is 2.83. The van der Waals surface area contributed by atoms with E-state index in [1.807, 2.05) is 13.0 Å². The van der Waals surface area contributed by atoms with E-state index < -0.39 is 10.0 Å². The smallest absolute Gasteiger partial charge is 0.243 e. The van der Waals surface area contributed by atoms with Crippen molar-refractivity contribution in [2.75, 3.05) is 24.5 Å². The van der Waals surface area contributed by atoms with Crippen LogP contribution in [0.1, 0.15) is 29.8 Å². The molecule has 6 heteroatoms. The van der Waals surface area contributed by atoms with E-state index in [0.29, 0.717) is 25.2 Å². The van der Waals surface area contributed by atoms with Crippen molar-refractivity contribution in [2.24, 2.45) is 0 Å². The number of hydrogen-bond donors (Lipinski definition) is 0. The molecule has 1 fully saturated rings. The van der Waals surface area contributed by atoms with Crippen molar-refractivity contribution in [3.05, 3.63) is 59.7 Å². The van der Waals surface area contributed by atoms with Crippen LogP contribution in [0.2, 0.25) is 0 Å². The molecule has 0 amide bonds. The van der Waals surface area contributed by atoms with Crippen molar-refractivity contribution < 1.29 is 13.2 Å². The summed E-state index contributed by atoms with van der Waals surface area (Å²) < 4.78 is 27.4. The highest BCUT2D eigenvalue weighted by atomic mass is 32.2. The minimum atomic E-state index is -3.56. The van der Waals surface area contributed by atoms with Crippen LogP contribution in [0, 0.1) is 6.92 Å². The van der Waals surface area contributed by atoms with Gasteiger partial charge < -0.3 is 4.90 Å². The van der Waals surface area contributed by atoms with Gasteiger partial charge in [0.05, 0.1) is 4.90 Å². The lowest BCUT2D eigenvalue weighted by Crippen LogP contribution is -2.53. The first kappa shape index (κ1) is 18.6. The second-order valence-electron chi connectivity index (χ2n) is 6.83. The number of aryl methyl sites for hydroxylation is 1. The predicted octanol–water partition coefficient (Wildman–Crippen LogP) is 3.10. The number of nitrogens with zero attached hydrogens (tertiary/aromatic N) is 2. The van der Waals surface area contributed by atoms with Gasteiger partial charge in [-0.1, -0.05) is 24.3 Å². The third-order valence-corrected chi connectivity index (χ3v) is 6.70. The van der Waals surface area contributed by atoms with Crippen molar-refractivity contribution in [1.29, 1.82) is 0 Å². The molecule has 2 aromatic rings. The Balaban J connectivity index is 1.78. The molecule has 3 rings (SSSR count). The number of ketones is 1. The molecule has 1 saturated heterocycles. The van der Waals surface area contributed by atoms with Crippen molar-refractivity contribution in [3.8, 4) is 0 Å². The summed E-state index contributed by atoms with van der Waals surface area (Å²) >= 11 is 0. The highest BCUT2D eigenvalue weighted by Gasteiger charge is 2.32. The highest BCUT2D eigenvalue weighted by molar-refractivity contribution is 7.89. The van der Waals surface area contributed by atoms with Crippen LogP contribution in [0.15, 0.2) is 53.4 Å². The van der Waals surface area contributed by atoms with E-state index in [2.05, 4.69) is 30.0 Å². The number of sulfonamides is 1. The van der Waals surface area contributed by atoms with E-state index in [1.54, 1.807) is 12.1 Å². The number of carbonyl (C=O) groups excluding carboxylic acids is 1. The van der Waals surface area contributed by atoms with Gasteiger partial charge in [-0.25, -0.2) is 8.42 Å². The number of Topliss-reactive ketones (excluding diaryl/α,β-unsaturated/α-hetero) is 1. The molecular weight excluding hydrogens is 348 g/mol. The van der Waals surface area contributed by atoms with Crippen LogP contribution in [-0.2, 0) is 10.0 Å². The molecule has 5 nitrogen and oxygen atoms in total. The zero-order valence-corrected chi connectivity index (χ0v) is 16.2. The Hall–Kier alpha value is -2.18. The fourth-order valence-electron chi connectivity index (χ4n) is 3.34. The van der Waals surface area contributed by atoms with Crippen LogP contribution >= 0.6 is 0 Å². The summed E-state index contributed by atoms with van der Waals surface area (Å²) in [7, 11) is -3.56. The van der Waals surface area contributed by atoms with Gasteiger partial charge in [0, 0.05) is 36.9 Å². The minimum absolute atomic E-state index is 0.0747. The highest BCUT2D eigenvalue weighted by Crippen LogP contribution is 2.25. The molecule has 1 aliphatic rings. The zero-order valence-electron chi connectivity index (χ0n) is 15.3. The Morgan fingerprint density at radius 2 is 1.77 bits per heavy atom. The van der Waals surface area contributed by atoms with Gasteiger partial charge in [-0.05, 0) is 50.6 Å². The Kier molecular flexibility index (Phi) is 5.16. The lowest BCUT2D eigenvalue weighted by Gasteiger charge is -2.40. The van der Waals surface area contributed by atoms with Gasteiger partial charge in [0.25, 0.3) is 0 Å². The molecule has 0 radical (unpaired) electrons. The van der Waals surface area contributed by atoms with Crippen LogP contribution in [0.4, 0.5) is 5.69 Å². The Bertz CT molecular complexity index is 907. The summed E-state index contributed by atoms with van der Waals surface area (Å²) in [5, 5.41) is 0. The van der Waals surface area contributed by atoms with Gasteiger partial charge in [-0.3, -0.25) is 4.79 Å². The quantitative estimate of drug-likeness (QED) is 0.774. The monoisotopic (exact) mass is 372 g/mol. The van der Waals surface area contributed by atoms with Gasteiger partial charge in [0.15, 0.2) is 5.78 Å². The molecule has 26 heavy (non-hydrogen) atoms. The van der Waals surface area contributed by atoms with Crippen LogP contribution in [0.3, 0.4) is 0 Å². The van der Waals surface area contributed by atoms with E-state index >= 15 is 0 Å². The summed E-state index contributed by atoms with van der Waals surface area (Å²) in [4.78, 5) is 13.9. The number of anilines is 1. The second kappa shape index (κ2) is 7.21. The Morgan fingerprint density at radius 1 is 1.08 bits per heavy atom. The molecule has 0 saturated carbocycles. The van der Waals surface area contributed by atoms with E-state index in [1.165, 1.54) is 28.9 Å². The third kappa shape index (κ3) is 3.66. The van der Waals surface area contributed by atoms with E-state index in [0.717, 1.165) is 5.69 Å². The number of rotatable bonds is 4. The fraction of sp³-hybridized carbons (Fsp3) is 0.350. The molecule has 0 aliphatic carbocycles. The molecule has 0 aromatic heterocycles. The number of benzene rings is 2. The maximum atomic E-state index is 12.9. The summed E-state index contributed by atoms with van der Waals surface area (Å²) in [5.74, 6) is -0.0747. The van der Waals surface area contributed by atoms with Crippen LogP contribution in [0.5, 0.6) is 0 Å². The van der Waals surface area contributed by atoms with Crippen LogP contribution in [0.25, 0.3) is 0 Å². The molecule has 0 bridgehead atoms. The Labute approximate surface area is 155 Å². The third-order valence-electron chi connectivity index (χ3n) is 4.82. The lowest BCUT2D eigenvalue weighted by atomic mass is 10.1. The topological polar surface area (TPSA) is 57.7 Å². The SMILES string of the molecule is CC(=O)c1ccc(S(=O)(=O)N2CCN(c3cccc(C)c3)C(C)C2)cc1. The second-order valence-corrected chi connectivity index (χ2v) is 8.76. The zero-order chi connectivity index (χ0) is 18.9. The molecule has 1 unspecified atom stereocenters. The maximum absolute atomic E-state index is 12.9. The maximum Gasteiger partial charge on any atom is 0.243 e. The molecule has 0 spiro atoms. The van der Waals surface area contributed by atoms with E-state index in [9.17, 15) is 13.2 Å². The van der Waals surface area contributed by atoms with Gasteiger partial charge >= 0.3 is 0 Å². The summed E-state index contributed by atoms with van der Waals surface area (Å²) in [6.45, 7) is 7.09. The molecule has 138 valence electrons. The van der Waals surface area contributed by atoms with Crippen LogP contribution < -0.4 is 4.90 Å². The van der Waals surface area contributed by atoms with Gasteiger partial charge in [-0.15, -0.1) is 0 Å². The first-order valence-corrected chi connectivity index (χ1v) is 10.2. The minimum Gasteiger partial charge on any atom is -0.366 e. The first-order valence-electron chi connectivity index (χ1n) is 8.73. The summed E-state index contributed by atoms with van der Waals surface area (Å²) in [6.07, 6.45) is 0. The van der Waals surface area contributed by atoms with Crippen LogP contribution in [-0.4, -0.2) is 44.2 Å². The molecule has 1 aliphatic heterocycles. The predicted molar refractivity (Wildman–Crippen MR) is 103 cm³/mol. The van der Waals surface area contributed by atoms with Crippen molar-refractivity contribution in [3.63, 3.8) is 0 Å². The number of carbonyl (C=O) groups is 1. The van der Waals surface area contributed by atoms with E-state index in [4.69, 9.17) is 0 Å². The van der Waals surface area contributed by atoms with Crippen molar-refractivity contribution in [1.82, 2.24) is 4.31 Å². The van der Waals surface area contributed by atoms with Crippen molar-refractivity contribution >= 4 is 21.5 Å². The van der Waals surface area contributed by atoms with Crippen molar-refractivity contribution in [2.45, 2.75) is 31.7 Å². The average molecular weight is 372 g/mol.